The molecule has 162 valence electrons. The summed E-state index contributed by atoms with van der Waals surface area (Å²) in [5.41, 5.74) is 4.51. The Morgan fingerprint density at radius 2 is 1.84 bits per heavy atom. The van der Waals surface area contributed by atoms with Gasteiger partial charge in [-0.15, -0.1) is 0 Å². The molecule has 1 N–H and O–H groups in total. The van der Waals surface area contributed by atoms with Gasteiger partial charge in [0.1, 0.15) is 11.0 Å². The smallest absolute Gasteiger partial charge is 0.243 e. The van der Waals surface area contributed by atoms with E-state index in [0.29, 0.717) is 42.3 Å². The molecule has 0 radical (unpaired) electrons. The molecule has 1 aromatic heterocycles. The fourth-order valence-electron chi connectivity index (χ4n) is 4.29. The number of piperazine rings is 1. The van der Waals surface area contributed by atoms with Crippen molar-refractivity contribution in [3.8, 4) is 0 Å². The monoisotopic (exact) mass is 457 g/mol. The second kappa shape index (κ2) is 8.27. The zero-order valence-electron chi connectivity index (χ0n) is 17.0. The summed E-state index contributed by atoms with van der Waals surface area (Å²) in [5, 5.41) is 2.90. The van der Waals surface area contributed by atoms with Gasteiger partial charge < -0.3 is 5.32 Å². The van der Waals surface area contributed by atoms with Crippen molar-refractivity contribution in [1.29, 1.82) is 0 Å². The fourth-order valence-corrected chi connectivity index (χ4v) is 6.31. The van der Waals surface area contributed by atoms with Gasteiger partial charge in [0.05, 0.1) is 28.9 Å². The van der Waals surface area contributed by atoms with Gasteiger partial charge >= 0.3 is 0 Å². The normalized spacial score (nSPS) is 17.7. The zero-order valence-corrected chi connectivity index (χ0v) is 18.6. The lowest BCUT2D eigenvalue weighted by Crippen LogP contribution is -2.50. The van der Waals surface area contributed by atoms with Crippen LogP contribution in [0.3, 0.4) is 0 Å². The summed E-state index contributed by atoms with van der Waals surface area (Å²) < 4.78 is 36.1. The lowest BCUT2D eigenvalue weighted by Gasteiger charge is -2.33. The Bertz CT molecular complexity index is 1230. The number of carbonyl (C=O) groups is 1. The number of aromatic nitrogens is 2. The molecule has 0 atom stereocenters. The van der Waals surface area contributed by atoms with Gasteiger partial charge in [0, 0.05) is 26.2 Å². The van der Waals surface area contributed by atoms with Crippen LogP contribution in [0.4, 0.5) is 5.69 Å². The molecular formula is C21H23N5O3S2. The Morgan fingerprint density at radius 3 is 2.68 bits per heavy atom. The van der Waals surface area contributed by atoms with E-state index in [1.54, 1.807) is 6.07 Å². The van der Waals surface area contributed by atoms with E-state index in [9.17, 15) is 13.2 Å². The Kier molecular flexibility index (Phi) is 5.47. The zero-order chi connectivity index (χ0) is 21.4. The van der Waals surface area contributed by atoms with Gasteiger partial charge in [-0.1, -0.05) is 12.1 Å². The number of fused-ring (bicyclic) bond motifs is 2. The van der Waals surface area contributed by atoms with Crippen LogP contribution >= 0.6 is 11.7 Å². The van der Waals surface area contributed by atoms with Crippen molar-refractivity contribution in [3.63, 3.8) is 0 Å². The number of anilines is 1. The van der Waals surface area contributed by atoms with Gasteiger partial charge in [-0.05, 0) is 54.7 Å². The molecule has 3 aromatic rings. The molecule has 2 aliphatic rings. The number of carbonyl (C=O) groups excluding carboxylic acids is 1. The number of amides is 1. The molecule has 2 aromatic carbocycles. The standard InChI is InChI=1S/C21H23N5O3S2/c27-20(22-18-5-2-6-19-21(18)24-30-23-19)14-25-9-11-26(12-10-25)31(28,29)17-8-7-15-3-1-4-16(15)13-17/h2,5-8,13H,1,3-4,9-12,14H2,(H,22,27). The van der Waals surface area contributed by atoms with E-state index in [1.807, 2.05) is 35.2 Å². The van der Waals surface area contributed by atoms with Crippen LogP contribution in [0.2, 0.25) is 0 Å². The molecule has 10 heteroatoms. The maximum absolute atomic E-state index is 13.1. The van der Waals surface area contributed by atoms with E-state index in [4.69, 9.17) is 0 Å². The van der Waals surface area contributed by atoms with Crippen molar-refractivity contribution in [3.05, 3.63) is 47.5 Å². The van der Waals surface area contributed by atoms with Crippen LogP contribution in [0, 0.1) is 0 Å². The molecular weight excluding hydrogens is 434 g/mol. The Balaban J connectivity index is 1.19. The number of nitrogens with zero attached hydrogens (tertiary/aromatic N) is 4. The number of hydrogen-bond donors (Lipinski definition) is 1. The van der Waals surface area contributed by atoms with E-state index in [-0.39, 0.29) is 12.5 Å². The minimum Gasteiger partial charge on any atom is -0.323 e. The largest absolute Gasteiger partial charge is 0.323 e. The molecule has 1 aliphatic heterocycles. The molecule has 0 saturated carbocycles. The van der Waals surface area contributed by atoms with E-state index >= 15 is 0 Å². The van der Waals surface area contributed by atoms with E-state index in [2.05, 4.69) is 14.1 Å². The molecule has 1 fully saturated rings. The fraction of sp³-hybridized carbons (Fsp3) is 0.381. The van der Waals surface area contributed by atoms with Crippen molar-refractivity contribution in [2.45, 2.75) is 24.2 Å². The van der Waals surface area contributed by atoms with Crippen molar-refractivity contribution >= 4 is 44.4 Å². The van der Waals surface area contributed by atoms with E-state index in [1.165, 1.54) is 9.87 Å². The number of benzene rings is 2. The van der Waals surface area contributed by atoms with Crippen molar-refractivity contribution in [2.75, 3.05) is 38.0 Å². The van der Waals surface area contributed by atoms with Crippen LogP contribution in [0.15, 0.2) is 41.3 Å². The van der Waals surface area contributed by atoms with E-state index in [0.717, 1.165) is 42.1 Å². The highest BCUT2D eigenvalue weighted by atomic mass is 32.2. The first-order chi connectivity index (χ1) is 15.0. The van der Waals surface area contributed by atoms with Gasteiger partial charge in [0.2, 0.25) is 15.9 Å². The molecule has 0 spiro atoms. The lowest BCUT2D eigenvalue weighted by molar-refractivity contribution is -0.117. The molecule has 1 amide bonds. The molecule has 1 aliphatic carbocycles. The third-order valence-electron chi connectivity index (χ3n) is 5.97. The third kappa shape index (κ3) is 4.08. The van der Waals surface area contributed by atoms with Crippen LogP contribution in [0.5, 0.6) is 0 Å². The number of nitrogens with one attached hydrogen (secondary N) is 1. The summed E-state index contributed by atoms with van der Waals surface area (Å²) in [7, 11) is -3.51. The Morgan fingerprint density at radius 1 is 1.03 bits per heavy atom. The average Bonchev–Trinajstić information content (AvgIpc) is 3.43. The number of sulfonamides is 1. The van der Waals surface area contributed by atoms with Gasteiger partial charge in [0.25, 0.3) is 0 Å². The number of aryl methyl sites for hydroxylation is 2. The molecule has 31 heavy (non-hydrogen) atoms. The van der Waals surface area contributed by atoms with Crippen LogP contribution < -0.4 is 5.32 Å². The summed E-state index contributed by atoms with van der Waals surface area (Å²) in [4.78, 5) is 14.9. The van der Waals surface area contributed by atoms with E-state index < -0.39 is 10.0 Å². The van der Waals surface area contributed by atoms with Gasteiger partial charge in [-0.2, -0.15) is 13.1 Å². The average molecular weight is 458 g/mol. The highest BCUT2D eigenvalue weighted by Gasteiger charge is 2.30. The molecule has 0 bridgehead atoms. The first kappa shape index (κ1) is 20.5. The minimum absolute atomic E-state index is 0.143. The SMILES string of the molecule is O=C(CN1CCN(S(=O)(=O)c2ccc3c(c2)CCC3)CC1)Nc1cccc2nsnc12. The minimum atomic E-state index is -3.51. The van der Waals surface area contributed by atoms with Crippen LogP contribution in [-0.2, 0) is 27.7 Å². The highest BCUT2D eigenvalue weighted by Crippen LogP contribution is 2.27. The van der Waals surface area contributed by atoms with Gasteiger partial charge in [0.15, 0.2) is 0 Å². The van der Waals surface area contributed by atoms with Gasteiger partial charge in [-0.3, -0.25) is 9.69 Å². The maximum Gasteiger partial charge on any atom is 0.243 e. The second-order valence-electron chi connectivity index (χ2n) is 7.95. The summed E-state index contributed by atoms with van der Waals surface area (Å²) in [6, 6.07) is 11.0. The van der Waals surface area contributed by atoms with Crippen LogP contribution in [0.25, 0.3) is 11.0 Å². The summed E-state index contributed by atoms with van der Waals surface area (Å²) >= 11 is 1.11. The van der Waals surface area contributed by atoms with Crippen LogP contribution in [-0.4, -0.2) is 65.0 Å². The van der Waals surface area contributed by atoms with Crippen molar-refractivity contribution in [1.82, 2.24) is 18.0 Å². The molecule has 0 unspecified atom stereocenters. The van der Waals surface area contributed by atoms with Crippen molar-refractivity contribution < 1.29 is 13.2 Å². The summed E-state index contributed by atoms with van der Waals surface area (Å²) in [5.74, 6) is -0.143. The first-order valence-corrected chi connectivity index (χ1v) is 12.5. The Hall–Kier alpha value is -2.40. The Labute approximate surface area is 185 Å². The predicted molar refractivity (Wildman–Crippen MR) is 120 cm³/mol. The molecule has 2 heterocycles. The topological polar surface area (TPSA) is 95.5 Å². The number of rotatable bonds is 5. The molecule has 1 saturated heterocycles. The molecule has 5 rings (SSSR count). The molecule has 8 nitrogen and oxygen atoms in total. The van der Waals surface area contributed by atoms with Gasteiger partial charge in [-0.25, -0.2) is 8.42 Å². The number of hydrogen-bond acceptors (Lipinski definition) is 7. The highest BCUT2D eigenvalue weighted by molar-refractivity contribution is 7.89. The van der Waals surface area contributed by atoms with Crippen LogP contribution in [0.1, 0.15) is 17.5 Å². The summed E-state index contributed by atoms with van der Waals surface area (Å²) in [6.07, 6.45) is 3.07. The lowest BCUT2D eigenvalue weighted by atomic mass is 10.1. The first-order valence-electron chi connectivity index (χ1n) is 10.4. The third-order valence-corrected chi connectivity index (χ3v) is 8.40. The second-order valence-corrected chi connectivity index (χ2v) is 10.4. The predicted octanol–water partition coefficient (Wildman–Crippen LogP) is 2.12. The van der Waals surface area contributed by atoms with Crippen molar-refractivity contribution in [2.24, 2.45) is 0 Å². The maximum atomic E-state index is 13.1. The quantitative estimate of drug-likeness (QED) is 0.631. The summed E-state index contributed by atoms with van der Waals surface area (Å²) in [6.45, 7) is 1.98.